The van der Waals surface area contributed by atoms with Crippen LogP contribution in [0.5, 0.6) is 0 Å². The molecule has 2 aliphatic rings. The minimum atomic E-state index is 0. The third-order valence-corrected chi connectivity index (χ3v) is 14.1. The van der Waals surface area contributed by atoms with Gasteiger partial charge in [-0.1, -0.05) is 174 Å². The fourth-order valence-corrected chi connectivity index (χ4v) is 10.9. The summed E-state index contributed by atoms with van der Waals surface area (Å²) in [5, 5.41) is 10.8. The van der Waals surface area contributed by atoms with Crippen molar-refractivity contribution >= 4 is 74.8 Å². The summed E-state index contributed by atoms with van der Waals surface area (Å²) in [4.78, 5) is 0. The first kappa shape index (κ1) is 53.4. The van der Waals surface area contributed by atoms with Gasteiger partial charge in [-0.3, -0.25) is 0 Å². The molecule has 0 unspecified atom stereocenters. The van der Waals surface area contributed by atoms with E-state index < -0.39 is 0 Å². The molecule has 0 nitrogen and oxygen atoms in total. The monoisotopic (exact) mass is 978 g/mol. The minimum absolute atomic E-state index is 0. The van der Waals surface area contributed by atoms with E-state index in [1.54, 1.807) is 0 Å². The molecule has 2 saturated carbocycles. The van der Waals surface area contributed by atoms with Gasteiger partial charge >= 0.3 is 30.2 Å². The molecule has 0 atom stereocenters. The molecule has 8 aromatic carbocycles. The molecule has 336 valence electrons. The van der Waals surface area contributed by atoms with Gasteiger partial charge in [0.15, 0.2) is 0 Å². The fourth-order valence-electron chi connectivity index (χ4n) is 10.9. The summed E-state index contributed by atoms with van der Waals surface area (Å²) >= 11 is 1.36. The maximum atomic E-state index is 3.06. The second-order valence-electron chi connectivity index (χ2n) is 19.0. The summed E-state index contributed by atoms with van der Waals surface area (Å²) in [6.45, 7) is 8.12. The van der Waals surface area contributed by atoms with Gasteiger partial charge in [-0.2, -0.15) is 12.1 Å². The number of hydrogen-bond donors (Lipinski definition) is 0. The van der Waals surface area contributed by atoms with E-state index in [1.807, 2.05) is 0 Å². The van der Waals surface area contributed by atoms with E-state index in [9.17, 15) is 0 Å². The van der Waals surface area contributed by atoms with E-state index >= 15 is 0 Å². The van der Waals surface area contributed by atoms with Gasteiger partial charge in [-0.25, -0.2) is 0 Å². The average molecular weight is 981 g/mol. The summed E-state index contributed by atoms with van der Waals surface area (Å²) in [5.74, 6) is 0. The van der Waals surface area contributed by atoms with Crippen LogP contribution < -0.4 is 0 Å². The number of halogens is 2. The van der Waals surface area contributed by atoms with Crippen molar-refractivity contribution in [2.75, 3.05) is 0 Å². The van der Waals surface area contributed by atoms with Crippen LogP contribution in [-0.2, 0) is 36.2 Å². The Balaban J connectivity index is 0.000000255. The van der Waals surface area contributed by atoms with Gasteiger partial charge in [0.1, 0.15) is 0 Å². The fraction of sp³-hybridized carbons (Fsp3) is 0.333. The van der Waals surface area contributed by atoms with Crippen molar-refractivity contribution < 1.29 is 23.3 Å². The molecule has 4 heteroatoms. The van der Waals surface area contributed by atoms with Crippen LogP contribution in [0.4, 0.5) is 0 Å². The molecule has 2 aliphatic carbocycles. The molecule has 0 amide bonds. The molecular weight excluding hydrogens is 911 g/mol. The van der Waals surface area contributed by atoms with Crippen LogP contribution in [0.2, 0.25) is 0 Å². The van der Waals surface area contributed by atoms with E-state index in [2.05, 4.69) is 166 Å². The first-order valence-electron chi connectivity index (χ1n) is 23.0. The molecule has 64 heavy (non-hydrogen) atoms. The Morgan fingerprint density at radius 1 is 0.422 bits per heavy atom. The summed E-state index contributed by atoms with van der Waals surface area (Å²) in [7, 11) is 0. The molecule has 10 rings (SSSR count). The molecule has 0 heterocycles. The molecule has 0 aromatic heterocycles. The van der Waals surface area contributed by atoms with Crippen LogP contribution >= 0.6 is 24.8 Å². The Hall–Kier alpha value is -3.26. The van der Waals surface area contributed by atoms with Crippen LogP contribution in [-0.4, -0.2) is 6.88 Å². The summed E-state index contributed by atoms with van der Waals surface area (Å²) in [6.07, 6.45) is 22.1. The predicted octanol–water partition coefficient (Wildman–Crippen LogP) is 18.7. The van der Waals surface area contributed by atoms with E-state index in [0.29, 0.717) is 10.8 Å². The molecule has 0 N–H and O–H groups in total. The molecule has 2 fully saturated rings. The molecule has 0 bridgehead atoms. The predicted molar refractivity (Wildman–Crippen MR) is 286 cm³/mol. The SMILES string of the molecule is CC1(Cc2cc3c(-c4ccc5ccccc5c4)cccc3[cH-]2)CCCCCCC1.CC1(Cc2cc3c(-c4ccc5ccccc5c4)cccc3[cH-]2)CCCCCCC1.Cl.Cl.[CH3-].[CH3-].[Si]=[Zr]. The number of benzene rings is 6. The number of rotatable bonds is 6. The zero-order chi connectivity index (χ0) is 41.4. The molecule has 2 radical (unpaired) electrons. The standard InChI is InChI=1S/2C29H31.2CH3.2ClH.Si.Zr/c2*1-29(16-7-3-2-4-8-17-29)21-22-18-25-12-9-13-27(28(25)19-22)26-15-14-23-10-5-6-11-24(23)20-26;;;;;;/h2*5-6,9-15,18-20H,2-4,7-8,16-17,21H2,1H3;2*1H3;2*1H;;/q4*-1;;;;. The zero-order valence-electron chi connectivity index (χ0n) is 39.0. The number of fused-ring (bicyclic) bond motifs is 4. The van der Waals surface area contributed by atoms with Crippen molar-refractivity contribution in [3.63, 3.8) is 0 Å². The summed E-state index contributed by atoms with van der Waals surface area (Å²) < 4.78 is 0. The van der Waals surface area contributed by atoms with Gasteiger partial charge in [-0.15, -0.1) is 93.9 Å². The van der Waals surface area contributed by atoms with Gasteiger partial charge < -0.3 is 14.9 Å². The van der Waals surface area contributed by atoms with E-state index in [-0.39, 0.29) is 39.7 Å². The third-order valence-electron chi connectivity index (χ3n) is 14.1. The maximum absolute atomic E-state index is 3.06. The van der Waals surface area contributed by atoms with Crippen LogP contribution in [0.1, 0.15) is 115 Å². The average Bonchev–Trinajstić information content (AvgIpc) is 3.87. The van der Waals surface area contributed by atoms with E-state index in [4.69, 9.17) is 0 Å². The second kappa shape index (κ2) is 25.0. The van der Waals surface area contributed by atoms with Crippen molar-refractivity contribution in [3.8, 4) is 22.3 Å². The van der Waals surface area contributed by atoms with Crippen LogP contribution in [0.15, 0.2) is 146 Å². The van der Waals surface area contributed by atoms with E-state index in [1.165, 1.54) is 203 Å². The van der Waals surface area contributed by atoms with Gasteiger partial charge in [-0.05, 0) is 94.2 Å². The van der Waals surface area contributed by atoms with Gasteiger partial charge in [0.05, 0.1) is 0 Å². The topological polar surface area (TPSA) is 0 Å². The van der Waals surface area contributed by atoms with Crippen LogP contribution in [0.25, 0.3) is 65.3 Å². The molecule has 8 aromatic rings. The van der Waals surface area contributed by atoms with Gasteiger partial charge in [0.2, 0.25) is 0 Å². The Morgan fingerprint density at radius 2 is 0.766 bits per heavy atom. The van der Waals surface area contributed by atoms with Crippen LogP contribution in [0, 0.1) is 25.7 Å². The quantitative estimate of drug-likeness (QED) is 0.115. The van der Waals surface area contributed by atoms with Crippen molar-refractivity contribution in [2.24, 2.45) is 10.8 Å². The van der Waals surface area contributed by atoms with Crippen molar-refractivity contribution in [1.82, 2.24) is 0 Å². The summed E-state index contributed by atoms with van der Waals surface area (Å²) in [6, 6.07) is 54.4. The Labute approximate surface area is 416 Å². The van der Waals surface area contributed by atoms with Crippen LogP contribution in [0.3, 0.4) is 0 Å². The second-order valence-corrected chi connectivity index (χ2v) is 19.0. The molecule has 0 saturated heterocycles. The normalized spacial score (nSPS) is 15.7. The van der Waals surface area contributed by atoms with Crippen molar-refractivity contribution in [3.05, 3.63) is 172 Å². The summed E-state index contributed by atoms with van der Waals surface area (Å²) in [5.41, 5.74) is 9.35. The van der Waals surface area contributed by atoms with Gasteiger partial charge in [0.25, 0.3) is 0 Å². The first-order valence-corrected chi connectivity index (χ1v) is 27.2. The Bertz CT molecular complexity index is 2470. The first-order chi connectivity index (χ1) is 29.4. The Morgan fingerprint density at radius 3 is 1.14 bits per heavy atom. The third kappa shape index (κ3) is 13.0. The number of hydrogen-bond acceptors (Lipinski definition) is 0. The molecule has 0 spiro atoms. The molecule has 0 aliphatic heterocycles. The van der Waals surface area contributed by atoms with E-state index in [0.717, 1.165) is 0 Å². The van der Waals surface area contributed by atoms with Crippen molar-refractivity contribution in [2.45, 2.75) is 117 Å². The molecular formula is C60H70Cl2SiZr-4. The zero-order valence-corrected chi connectivity index (χ0v) is 44.1. The Kier molecular flexibility index (Phi) is 20.9. The van der Waals surface area contributed by atoms with Gasteiger partial charge in [0, 0.05) is 0 Å². The van der Waals surface area contributed by atoms with Crippen molar-refractivity contribution in [1.29, 1.82) is 0 Å².